The van der Waals surface area contributed by atoms with E-state index in [1.165, 1.54) is 18.0 Å². The van der Waals surface area contributed by atoms with Crippen molar-refractivity contribution in [2.24, 2.45) is 5.10 Å². The highest BCUT2D eigenvalue weighted by molar-refractivity contribution is 9.12. The zero-order chi connectivity index (χ0) is 26.0. The zero-order valence-corrected chi connectivity index (χ0v) is 22.6. The van der Waals surface area contributed by atoms with Gasteiger partial charge >= 0.3 is 0 Å². The van der Waals surface area contributed by atoms with Gasteiger partial charge in [0.25, 0.3) is 5.91 Å². The molecule has 0 atom stereocenters. The summed E-state index contributed by atoms with van der Waals surface area (Å²) >= 11 is 4.70. The van der Waals surface area contributed by atoms with Gasteiger partial charge in [0.1, 0.15) is 0 Å². The number of carbonyl (C=O) groups is 1. The molecule has 1 N–H and O–H groups in total. The number of rotatable bonds is 10. The highest BCUT2D eigenvalue weighted by Gasteiger charge is 2.18. The maximum atomic E-state index is 12.5. The first-order valence-electron chi connectivity index (χ1n) is 11.2. The van der Waals surface area contributed by atoms with E-state index in [4.69, 9.17) is 9.47 Å². The summed E-state index contributed by atoms with van der Waals surface area (Å²) in [5.74, 6) is 1.66. The Morgan fingerprint density at radius 2 is 1.70 bits per heavy atom. The van der Waals surface area contributed by atoms with Gasteiger partial charge in [-0.15, -0.1) is 10.2 Å². The van der Waals surface area contributed by atoms with E-state index in [-0.39, 0.29) is 11.7 Å². The van der Waals surface area contributed by atoms with Gasteiger partial charge in [-0.3, -0.25) is 9.36 Å². The Kier molecular flexibility index (Phi) is 9.12. The van der Waals surface area contributed by atoms with E-state index >= 15 is 0 Å². The van der Waals surface area contributed by atoms with Crippen molar-refractivity contribution in [1.82, 2.24) is 20.2 Å². The van der Waals surface area contributed by atoms with E-state index in [1.807, 2.05) is 89.5 Å². The van der Waals surface area contributed by atoms with E-state index in [0.29, 0.717) is 22.5 Å². The molecule has 3 aromatic carbocycles. The molecule has 10 heteroatoms. The molecule has 0 aliphatic carbocycles. The number of para-hydroxylation sites is 1. The number of nitrogens with one attached hydrogen (secondary N) is 1. The first kappa shape index (κ1) is 26.2. The molecule has 0 saturated carbocycles. The number of aromatic nitrogens is 3. The molecule has 1 heterocycles. The fraction of sp³-hybridized carbons (Fsp3) is 0.111. The summed E-state index contributed by atoms with van der Waals surface area (Å²) < 4.78 is 13.4. The number of benzene rings is 3. The number of nitrogens with zero attached hydrogens (tertiary/aromatic N) is 4. The standard InChI is InChI=1S/C27H24BrN5O3S/c1-35-23-14-13-20(16-24(23)36-2)26-31-32-27(33(26)22-11-7-4-8-12-22)37-18-25(34)30-29-17-21(28)15-19-9-5-3-6-10-19/h3-17H,18H2,1-2H3,(H,30,34). The molecule has 188 valence electrons. The average Bonchev–Trinajstić information content (AvgIpc) is 3.36. The molecule has 0 aliphatic rings. The van der Waals surface area contributed by atoms with Crippen molar-refractivity contribution in [3.8, 4) is 28.6 Å². The number of carbonyl (C=O) groups excluding carboxylic acids is 1. The lowest BCUT2D eigenvalue weighted by Crippen LogP contribution is -2.19. The van der Waals surface area contributed by atoms with Crippen LogP contribution in [-0.4, -0.2) is 46.9 Å². The molecule has 4 aromatic rings. The third kappa shape index (κ3) is 6.87. The number of thioether (sulfide) groups is 1. The van der Waals surface area contributed by atoms with Crippen LogP contribution < -0.4 is 14.9 Å². The van der Waals surface area contributed by atoms with E-state index in [9.17, 15) is 4.79 Å². The molecule has 1 aromatic heterocycles. The van der Waals surface area contributed by atoms with Crippen molar-refractivity contribution in [2.75, 3.05) is 20.0 Å². The molecular weight excluding hydrogens is 554 g/mol. The van der Waals surface area contributed by atoms with Gasteiger partial charge in [-0.2, -0.15) is 5.10 Å². The molecule has 4 rings (SSSR count). The summed E-state index contributed by atoms with van der Waals surface area (Å²) in [6, 6.07) is 25.1. The van der Waals surface area contributed by atoms with E-state index < -0.39 is 0 Å². The third-order valence-electron chi connectivity index (χ3n) is 5.10. The maximum absolute atomic E-state index is 12.5. The second kappa shape index (κ2) is 12.9. The van der Waals surface area contributed by atoms with Gasteiger partial charge in [0, 0.05) is 15.7 Å². The quantitative estimate of drug-likeness (QED) is 0.150. The molecular formula is C27H24BrN5O3S. The number of amides is 1. The lowest BCUT2D eigenvalue weighted by Gasteiger charge is -2.12. The second-order valence-corrected chi connectivity index (χ2v) is 9.43. The van der Waals surface area contributed by atoms with Crippen LogP contribution in [0, 0.1) is 0 Å². The van der Waals surface area contributed by atoms with Crippen LogP contribution in [0.25, 0.3) is 23.2 Å². The minimum absolute atomic E-state index is 0.105. The second-order valence-electron chi connectivity index (χ2n) is 7.57. The molecule has 37 heavy (non-hydrogen) atoms. The molecule has 8 nitrogen and oxygen atoms in total. The van der Waals surface area contributed by atoms with Crippen LogP contribution in [0.2, 0.25) is 0 Å². The highest BCUT2D eigenvalue weighted by Crippen LogP contribution is 2.34. The Morgan fingerprint density at radius 1 is 1.00 bits per heavy atom. The lowest BCUT2D eigenvalue weighted by molar-refractivity contribution is -0.118. The molecule has 0 bridgehead atoms. The van der Waals surface area contributed by atoms with Gasteiger partial charge in [0.05, 0.1) is 26.2 Å². The van der Waals surface area contributed by atoms with Crippen LogP contribution in [0.15, 0.2) is 93.6 Å². The predicted octanol–water partition coefficient (Wildman–Crippen LogP) is 5.58. The number of allylic oxidation sites excluding steroid dienone is 1. The molecule has 0 spiro atoms. The van der Waals surface area contributed by atoms with Crippen molar-refractivity contribution < 1.29 is 14.3 Å². The summed E-state index contributed by atoms with van der Waals surface area (Å²) in [5, 5.41) is 13.4. The first-order valence-corrected chi connectivity index (χ1v) is 13.0. The number of hydrazone groups is 1. The predicted molar refractivity (Wildman–Crippen MR) is 151 cm³/mol. The lowest BCUT2D eigenvalue weighted by atomic mass is 10.2. The Morgan fingerprint density at radius 3 is 2.41 bits per heavy atom. The molecule has 0 radical (unpaired) electrons. The molecule has 0 unspecified atom stereocenters. The van der Waals surface area contributed by atoms with Crippen LogP contribution in [0.1, 0.15) is 5.56 Å². The largest absolute Gasteiger partial charge is 0.493 e. The van der Waals surface area contributed by atoms with Crippen LogP contribution in [0.3, 0.4) is 0 Å². The van der Waals surface area contributed by atoms with Gasteiger partial charge in [0.15, 0.2) is 22.5 Å². The van der Waals surface area contributed by atoms with Gasteiger partial charge in [0.2, 0.25) is 0 Å². The summed E-state index contributed by atoms with van der Waals surface area (Å²) in [7, 11) is 3.17. The molecule has 0 fully saturated rings. The topological polar surface area (TPSA) is 90.6 Å². The number of hydrogen-bond donors (Lipinski definition) is 1. The van der Waals surface area contributed by atoms with E-state index in [1.54, 1.807) is 14.2 Å². The van der Waals surface area contributed by atoms with Crippen molar-refractivity contribution in [3.05, 3.63) is 88.9 Å². The maximum Gasteiger partial charge on any atom is 0.250 e. The van der Waals surface area contributed by atoms with Crippen molar-refractivity contribution in [2.45, 2.75) is 5.16 Å². The van der Waals surface area contributed by atoms with Gasteiger partial charge < -0.3 is 9.47 Å². The summed E-state index contributed by atoms with van der Waals surface area (Å²) in [5.41, 5.74) is 5.23. The zero-order valence-electron chi connectivity index (χ0n) is 20.2. The van der Waals surface area contributed by atoms with Crippen LogP contribution in [0.5, 0.6) is 11.5 Å². The monoisotopic (exact) mass is 577 g/mol. The fourth-order valence-corrected chi connectivity index (χ4v) is 4.52. The Bertz CT molecular complexity index is 1410. The first-order chi connectivity index (χ1) is 18.1. The van der Waals surface area contributed by atoms with Crippen molar-refractivity contribution in [3.63, 3.8) is 0 Å². The molecule has 1 amide bonds. The van der Waals surface area contributed by atoms with Crippen LogP contribution in [-0.2, 0) is 4.79 Å². The Labute approximate surface area is 227 Å². The molecule has 0 aliphatic heterocycles. The summed E-state index contributed by atoms with van der Waals surface area (Å²) in [6.07, 6.45) is 3.44. The average molecular weight is 578 g/mol. The smallest absolute Gasteiger partial charge is 0.250 e. The Balaban J connectivity index is 1.50. The summed E-state index contributed by atoms with van der Waals surface area (Å²) in [6.45, 7) is 0. The normalized spacial score (nSPS) is 11.5. The Hall–Kier alpha value is -3.89. The fourth-order valence-electron chi connectivity index (χ4n) is 3.41. The van der Waals surface area contributed by atoms with Crippen LogP contribution in [0.4, 0.5) is 0 Å². The van der Waals surface area contributed by atoms with Gasteiger partial charge in [-0.25, -0.2) is 5.43 Å². The number of halogens is 1. The number of methoxy groups -OCH3 is 2. The summed E-state index contributed by atoms with van der Waals surface area (Å²) in [4.78, 5) is 12.5. The minimum Gasteiger partial charge on any atom is -0.493 e. The van der Waals surface area contributed by atoms with Crippen molar-refractivity contribution >= 4 is 45.9 Å². The minimum atomic E-state index is -0.267. The molecule has 0 saturated heterocycles. The highest BCUT2D eigenvalue weighted by atomic mass is 79.9. The van der Waals surface area contributed by atoms with Crippen molar-refractivity contribution in [1.29, 1.82) is 0 Å². The number of ether oxygens (including phenoxy) is 2. The van der Waals surface area contributed by atoms with Crippen LogP contribution >= 0.6 is 27.7 Å². The van der Waals surface area contributed by atoms with E-state index in [0.717, 1.165) is 21.3 Å². The van der Waals surface area contributed by atoms with Gasteiger partial charge in [-0.05, 0) is 57.9 Å². The third-order valence-corrected chi connectivity index (χ3v) is 6.47. The van der Waals surface area contributed by atoms with Gasteiger partial charge in [-0.1, -0.05) is 60.3 Å². The SMILES string of the molecule is COc1ccc(-c2nnc(SCC(=O)NN=CC(Br)=Cc3ccccc3)n2-c2ccccc2)cc1OC. The van der Waals surface area contributed by atoms with E-state index in [2.05, 4.69) is 36.7 Å². The number of hydrogen-bond acceptors (Lipinski definition) is 7.